The topological polar surface area (TPSA) is 58.1 Å². The zero-order valence-electron chi connectivity index (χ0n) is 15.1. The van der Waals surface area contributed by atoms with Crippen molar-refractivity contribution in [1.82, 2.24) is 15.3 Å². The Morgan fingerprint density at radius 3 is 2.62 bits per heavy atom. The maximum Gasteiger partial charge on any atom is 0.225 e. The summed E-state index contributed by atoms with van der Waals surface area (Å²) in [5.74, 6) is 0.859. The van der Waals surface area contributed by atoms with Crippen LogP contribution in [0.1, 0.15) is 69.2 Å². The summed E-state index contributed by atoms with van der Waals surface area (Å²) in [6.45, 7) is 9.69. The van der Waals surface area contributed by atoms with E-state index in [0.717, 1.165) is 30.3 Å². The van der Waals surface area contributed by atoms with Crippen molar-refractivity contribution in [2.45, 2.75) is 64.8 Å². The number of nitrogens with zero attached hydrogens (tertiary/aromatic N) is 3. The van der Waals surface area contributed by atoms with Gasteiger partial charge in [-0.25, -0.2) is 9.97 Å². The lowest BCUT2D eigenvalue weighted by Gasteiger charge is -2.25. The molecule has 0 bridgehead atoms. The Kier molecular flexibility index (Phi) is 7.22. The molecule has 0 aromatic carbocycles. The molecule has 5 nitrogen and oxygen atoms in total. The van der Waals surface area contributed by atoms with Crippen LogP contribution < -0.4 is 10.2 Å². The number of carbonyl (C=O) groups excluding carboxylic acids is 1. The molecule has 1 saturated heterocycles. The third kappa shape index (κ3) is 5.32. The highest BCUT2D eigenvalue weighted by atomic mass is 16.1. The molecule has 2 rings (SSSR count). The lowest BCUT2D eigenvalue weighted by Crippen LogP contribution is -2.30. The molecule has 0 radical (unpaired) electrons. The molecule has 1 aliphatic rings. The molecule has 2 heterocycles. The second-order valence-corrected chi connectivity index (χ2v) is 6.58. The Morgan fingerprint density at radius 2 is 2.00 bits per heavy atom. The molecule has 0 spiro atoms. The Morgan fingerprint density at radius 1 is 1.33 bits per heavy atom. The quantitative estimate of drug-likeness (QED) is 0.808. The second kappa shape index (κ2) is 9.40. The van der Waals surface area contributed by atoms with Crippen LogP contribution in [-0.2, 0) is 4.79 Å². The summed E-state index contributed by atoms with van der Waals surface area (Å²) in [6, 6.07) is -0.0799. The van der Waals surface area contributed by atoms with E-state index in [1.807, 2.05) is 20.0 Å². The highest BCUT2D eigenvalue weighted by Crippen LogP contribution is 2.20. The van der Waals surface area contributed by atoms with E-state index in [0.29, 0.717) is 12.8 Å². The van der Waals surface area contributed by atoms with Gasteiger partial charge in [0.2, 0.25) is 11.9 Å². The number of allylic oxidation sites excluding steroid dienone is 1. The van der Waals surface area contributed by atoms with Crippen LogP contribution in [-0.4, -0.2) is 29.0 Å². The first-order valence-electron chi connectivity index (χ1n) is 9.10. The van der Waals surface area contributed by atoms with E-state index < -0.39 is 0 Å². The van der Waals surface area contributed by atoms with E-state index in [1.165, 1.54) is 32.1 Å². The molecule has 1 atom stereocenters. The van der Waals surface area contributed by atoms with Crippen LogP contribution in [0.2, 0.25) is 0 Å². The standard InChI is InChI=1S/C19H30N4O/c1-4-5-11-18(24)21-15(2)17-14-20-19(22-16(17)3)23-12-9-7-6-8-10-13-23/h4,14-15H,1,5-13H2,2-3H3,(H,21,24). The Bertz CT molecular complexity index is 550. The van der Waals surface area contributed by atoms with Gasteiger partial charge in [-0.1, -0.05) is 25.3 Å². The molecule has 1 amide bonds. The van der Waals surface area contributed by atoms with Crippen LogP contribution in [0.25, 0.3) is 0 Å². The number of carbonyl (C=O) groups is 1. The molecule has 24 heavy (non-hydrogen) atoms. The molecular weight excluding hydrogens is 300 g/mol. The number of aromatic nitrogens is 2. The molecular formula is C19H30N4O. The maximum atomic E-state index is 11.9. The first-order chi connectivity index (χ1) is 11.6. The average molecular weight is 330 g/mol. The number of aryl methyl sites for hydroxylation is 1. The predicted molar refractivity (Wildman–Crippen MR) is 98.1 cm³/mol. The minimum absolute atomic E-state index is 0.0367. The minimum atomic E-state index is -0.0799. The summed E-state index contributed by atoms with van der Waals surface area (Å²) in [4.78, 5) is 23.4. The lowest BCUT2D eigenvalue weighted by atomic mass is 10.1. The number of nitrogens with one attached hydrogen (secondary N) is 1. The number of anilines is 1. The van der Waals surface area contributed by atoms with E-state index in [2.05, 4.69) is 21.8 Å². The van der Waals surface area contributed by atoms with Gasteiger partial charge in [-0.2, -0.15) is 0 Å². The third-order valence-electron chi connectivity index (χ3n) is 4.56. The highest BCUT2D eigenvalue weighted by molar-refractivity contribution is 5.76. The molecule has 132 valence electrons. The van der Waals surface area contributed by atoms with Crippen LogP contribution in [0.5, 0.6) is 0 Å². The lowest BCUT2D eigenvalue weighted by molar-refractivity contribution is -0.121. The summed E-state index contributed by atoms with van der Waals surface area (Å²) in [6.07, 6.45) is 11.1. The van der Waals surface area contributed by atoms with Crippen molar-refractivity contribution < 1.29 is 4.79 Å². The normalized spacial score (nSPS) is 16.8. The molecule has 0 aliphatic carbocycles. The Labute approximate surface area is 145 Å². The fourth-order valence-corrected chi connectivity index (χ4v) is 3.11. The fourth-order valence-electron chi connectivity index (χ4n) is 3.11. The summed E-state index contributed by atoms with van der Waals surface area (Å²) in [5, 5.41) is 3.01. The first kappa shape index (κ1) is 18.4. The van der Waals surface area contributed by atoms with E-state index in [1.54, 1.807) is 6.08 Å². The Balaban J connectivity index is 2.02. The van der Waals surface area contributed by atoms with Gasteiger partial charge in [-0.05, 0) is 33.1 Å². The molecule has 1 aromatic rings. The van der Waals surface area contributed by atoms with Crippen LogP contribution in [0, 0.1) is 6.92 Å². The van der Waals surface area contributed by atoms with Gasteiger partial charge in [0.15, 0.2) is 0 Å². The maximum absolute atomic E-state index is 11.9. The monoisotopic (exact) mass is 330 g/mol. The van der Waals surface area contributed by atoms with Gasteiger partial charge in [0.1, 0.15) is 0 Å². The number of hydrogen-bond acceptors (Lipinski definition) is 4. The molecule has 0 saturated carbocycles. The minimum Gasteiger partial charge on any atom is -0.349 e. The van der Waals surface area contributed by atoms with E-state index in [4.69, 9.17) is 4.98 Å². The van der Waals surface area contributed by atoms with Crippen LogP contribution >= 0.6 is 0 Å². The largest absolute Gasteiger partial charge is 0.349 e. The zero-order chi connectivity index (χ0) is 17.4. The number of rotatable bonds is 6. The van der Waals surface area contributed by atoms with Crippen molar-refractivity contribution >= 4 is 11.9 Å². The second-order valence-electron chi connectivity index (χ2n) is 6.58. The zero-order valence-corrected chi connectivity index (χ0v) is 15.1. The van der Waals surface area contributed by atoms with Gasteiger partial charge in [0, 0.05) is 37.0 Å². The van der Waals surface area contributed by atoms with Gasteiger partial charge >= 0.3 is 0 Å². The van der Waals surface area contributed by atoms with E-state index in [9.17, 15) is 4.79 Å². The molecule has 1 unspecified atom stereocenters. The highest BCUT2D eigenvalue weighted by Gasteiger charge is 2.16. The van der Waals surface area contributed by atoms with Crippen molar-refractivity contribution in [2.24, 2.45) is 0 Å². The summed E-state index contributed by atoms with van der Waals surface area (Å²) < 4.78 is 0. The number of hydrogen-bond donors (Lipinski definition) is 1. The molecule has 5 heteroatoms. The van der Waals surface area contributed by atoms with Gasteiger partial charge in [-0.15, -0.1) is 6.58 Å². The average Bonchev–Trinajstić information content (AvgIpc) is 2.52. The van der Waals surface area contributed by atoms with Crippen molar-refractivity contribution in [3.05, 3.63) is 30.1 Å². The smallest absolute Gasteiger partial charge is 0.225 e. The van der Waals surface area contributed by atoms with Crippen LogP contribution in [0.15, 0.2) is 18.9 Å². The van der Waals surface area contributed by atoms with Crippen molar-refractivity contribution in [1.29, 1.82) is 0 Å². The molecule has 1 N–H and O–H groups in total. The predicted octanol–water partition coefficient (Wildman–Crippen LogP) is 3.70. The number of amides is 1. The summed E-state index contributed by atoms with van der Waals surface area (Å²) >= 11 is 0. The van der Waals surface area contributed by atoms with Gasteiger partial charge in [0.05, 0.1) is 6.04 Å². The van der Waals surface area contributed by atoms with Gasteiger partial charge in [-0.3, -0.25) is 4.79 Å². The van der Waals surface area contributed by atoms with Crippen molar-refractivity contribution in [3.63, 3.8) is 0 Å². The van der Waals surface area contributed by atoms with Crippen LogP contribution in [0.4, 0.5) is 5.95 Å². The molecule has 1 fully saturated rings. The first-order valence-corrected chi connectivity index (χ1v) is 9.10. The molecule has 1 aliphatic heterocycles. The Hall–Kier alpha value is -1.91. The van der Waals surface area contributed by atoms with Crippen molar-refractivity contribution in [3.8, 4) is 0 Å². The third-order valence-corrected chi connectivity index (χ3v) is 4.56. The van der Waals surface area contributed by atoms with E-state index >= 15 is 0 Å². The van der Waals surface area contributed by atoms with Gasteiger partial charge in [0.25, 0.3) is 0 Å². The molecule has 1 aromatic heterocycles. The van der Waals surface area contributed by atoms with E-state index in [-0.39, 0.29) is 11.9 Å². The fraction of sp³-hybridized carbons (Fsp3) is 0.632. The van der Waals surface area contributed by atoms with Gasteiger partial charge < -0.3 is 10.2 Å². The van der Waals surface area contributed by atoms with Crippen molar-refractivity contribution in [2.75, 3.05) is 18.0 Å². The summed E-state index contributed by atoms with van der Waals surface area (Å²) in [7, 11) is 0. The SMILES string of the molecule is C=CCCC(=O)NC(C)c1cnc(N2CCCCCCC2)nc1C. The summed E-state index contributed by atoms with van der Waals surface area (Å²) in [5.41, 5.74) is 1.93. The van der Waals surface area contributed by atoms with Crippen LogP contribution in [0.3, 0.4) is 0 Å².